The lowest BCUT2D eigenvalue weighted by atomic mass is 10.1. The quantitative estimate of drug-likeness (QED) is 0.364. The number of rotatable bonds is 9. The summed E-state index contributed by atoms with van der Waals surface area (Å²) < 4.78 is 29.0. The number of hydrogen-bond donors (Lipinski definition) is 1. The van der Waals surface area contributed by atoms with Crippen LogP contribution in [0, 0.1) is 0 Å². The highest BCUT2D eigenvalue weighted by Gasteiger charge is 2.32. The maximum absolute atomic E-state index is 13.7. The average molecular weight is 613 g/mol. The Bertz CT molecular complexity index is 1320. The molecule has 0 saturated heterocycles. The lowest BCUT2D eigenvalue weighted by Crippen LogP contribution is -2.50. The molecule has 1 unspecified atom stereocenters. The van der Waals surface area contributed by atoms with Gasteiger partial charge in [-0.25, -0.2) is 8.42 Å². The number of anilines is 1. The van der Waals surface area contributed by atoms with E-state index in [0.717, 1.165) is 8.78 Å². The van der Waals surface area contributed by atoms with Crippen molar-refractivity contribution in [2.75, 3.05) is 17.9 Å². The molecule has 1 atom stereocenters. The summed E-state index contributed by atoms with van der Waals surface area (Å²) in [5, 5.41) is 3.18. The maximum atomic E-state index is 13.7. The minimum absolute atomic E-state index is 0.0285. The van der Waals surface area contributed by atoms with Crippen LogP contribution in [-0.4, -0.2) is 44.8 Å². The Hall–Kier alpha value is -2.59. The van der Waals surface area contributed by atoms with Crippen LogP contribution < -0.4 is 9.62 Å². The molecule has 0 heterocycles. The Balaban J connectivity index is 2.05. The second kappa shape index (κ2) is 12.1. The first-order valence-corrected chi connectivity index (χ1v) is 13.8. The molecule has 3 aromatic rings. The molecule has 0 aliphatic carbocycles. The van der Waals surface area contributed by atoms with Crippen LogP contribution in [-0.2, 0) is 26.2 Å². The van der Waals surface area contributed by atoms with Crippen LogP contribution in [0.25, 0.3) is 0 Å². The average Bonchev–Trinajstić information content (AvgIpc) is 2.87. The predicted octanol–water partition coefficient (Wildman–Crippen LogP) is 5.11. The molecule has 0 spiro atoms. The number of hydrogen-bond acceptors (Lipinski definition) is 4. The van der Waals surface area contributed by atoms with Crippen molar-refractivity contribution in [2.24, 2.45) is 0 Å². The van der Waals surface area contributed by atoms with E-state index in [9.17, 15) is 18.0 Å². The topological polar surface area (TPSA) is 86.8 Å². The smallest absolute Gasteiger partial charge is 0.264 e. The zero-order chi connectivity index (χ0) is 26.5. The van der Waals surface area contributed by atoms with Crippen molar-refractivity contribution in [1.29, 1.82) is 0 Å². The Morgan fingerprint density at radius 2 is 1.53 bits per heavy atom. The molecule has 11 heteroatoms. The van der Waals surface area contributed by atoms with E-state index in [0.29, 0.717) is 21.3 Å². The zero-order valence-corrected chi connectivity index (χ0v) is 23.4. The summed E-state index contributed by atoms with van der Waals surface area (Å²) in [7, 11) is -2.66. The van der Waals surface area contributed by atoms with Gasteiger partial charge in [-0.2, -0.15) is 0 Å². The fourth-order valence-corrected chi connectivity index (χ4v) is 5.72. The standard InChI is InChI=1S/C25H24BrCl2N3O4S/c1-17(25(33)29-2)30(15-21-22(27)9-6-10-23(21)28)24(32)16-31(19-13-11-18(26)12-14-19)36(34,35)20-7-4-3-5-8-20/h3-14,17H,15-16H2,1-2H3,(H,29,33). The number of nitrogens with zero attached hydrogens (tertiary/aromatic N) is 2. The van der Waals surface area contributed by atoms with Crippen LogP contribution >= 0.6 is 39.1 Å². The third kappa shape index (κ3) is 6.39. The highest BCUT2D eigenvalue weighted by atomic mass is 79.9. The number of amides is 2. The van der Waals surface area contributed by atoms with Gasteiger partial charge in [0.1, 0.15) is 12.6 Å². The van der Waals surface area contributed by atoms with E-state index in [4.69, 9.17) is 23.2 Å². The number of nitrogens with one attached hydrogen (secondary N) is 1. The number of carbonyl (C=O) groups excluding carboxylic acids is 2. The summed E-state index contributed by atoms with van der Waals surface area (Å²) >= 11 is 16.0. The van der Waals surface area contributed by atoms with Crippen molar-refractivity contribution in [3.05, 3.63) is 92.9 Å². The molecule has 190 valence electrons. The lowest BCUT2D eigenvalue weighted by molar-refractivity contribution is -0.139. The number of halogens is 3. The predicted molar refractivity (Wildman–Crippen MR) is 146 cm³/mol. The summed E-state index contributed by atoms with van der Waals surface area (Å²) in [6.07, 6.45) is 0. The fraction of sp³-hybridized carbons (Fsp3) is 0.200. The number of carbonyl (C=O) groups is 2. The van der Waals surface area contributed by atoms with Crippen LogP contribution in [0.15, 0.2) is 82.2 Å². The first kappa shape index (κ1) is 28.0. The van der Waals surface area contributed by atoms with Crippen LogP contribution in [0.5, 0.6) is 0 Å². The summed E-state index contributed by atoms with van der Waals surface area (Å²) in [4.78, 5) is 27.5. The molecule has 0 fully saturated rings. The number of benzene rings is 3. The van der Waals surface area contributed by atoms with Crippen LogP contribution in [0.2, 0.25) is 10.0 Å². The van der Waals surface area contributed by atoms with Crippen molar-refractivity contribution in [2.45, 2.75) is 24.4 Å². The Morgan fingerprint density at radius 3 is 2.08 bits per heavy atom. The van der Waals surface area contributed by atoms with Crippen molar-refractivity contribution >= 4 is 66.7 Å². The van der Waals surface area contributed by atoms with E-state index in [1.807, 2.05) is 0 Å². The first-order chi connectivity index (χ1) is 17.1. The highest BCUT2D eigenvalue weighted by Crippen LogP contribution is 2.28. The Kier molecular flexibility index (Phi) is 9.41. The summed E-state index contributed by atoms with van der Waals surface area (Å²) in [6.45, 7) is 0.908. The summed E-state index contributed by atoms with van der Waals surface area (Å²) in [5.41, 5.74) is 0.741. The molecule has 0 radical (unpaired) electrons. The van der Waals surface area contributed by atoms with Gasteiger partial charge in [-0.15, -0.1) is 0 Å². The molecule has 0 aromatic heterocycles. The van der Waals surface area contributed by atoms with Crippen LogP contribution in [0.4, 0.5) is 5.69 Å². The molecular weight excluding hydrogens is 589 g/mol. The molecule has 0 aliphatic rings. The van der Waals surface area contributed by atoms with Crippen LogP contribution in [0.3, 0.4) is 0 Å². The van der Waals surface area contributed by atoms with Gasteiger partial charge in [-0.3, -0.25) is 13.9 Å². The molecule has 2 amide bonds. The number of sulfonamides is 1. The molecule has 1 N–H and O–H groups in total. The van der Waals surface area contributed by atoms with Crippen molar-refractivity contribution in [3.63, 3.8) is 0 Å². The van der Waals surface area contributed by atoms with Gasteiger partial charge in [-0.1, -0.05) is 63.4 Å². The third-order valence-electron chi connectivity index (χ3n) is 5.53. The van der Waals surface area contributed by atoms with E-state index >= 15 is 0 Å². The van der Waals surface area contributed by atoms with Crippen molar-refractivity contribution < 1.29 is 18.0 Å². The van der Waals surface area contributed by atoms with Crippen molar-refractivity contribution in [1.82, 2.24) is 10.2 Å². The van der Waals surface area contributed by atoms with E-state index in [-0.39, 0.29) is 11.4 Å². The normalized spacial score (nSPS) is 12.0. The lowest BCUT2D eigenvalue weighted by Gasteiger charge is -2.32. The largest absolute Gasteiger partial charge is 0.357 e. The van der Waals surface area contributed by atoms with Gasteiger partial charge < -0.3 is 10.2 Å². The molecule has 7 nitrogen and oxygen atoms in total. The Labute approximate surface area is 229 Å². The minimum Gasteiger partial charge on any atom is -0.357 e. The van der Waals surface area contributed by atoms with Gasteiger partial charge in [0.05, 0.1) is 10.6 Å². The van der Waals surface area contributed by atoms with E-state index in [1.54, 1.807) is 67.6 Å². The molecule has 0 bridgehead atoms. The summed E-state index contributed by atoms with van der Waals surface area (Å²) in [6, 6.07) is 18.4. The second-order valence-electron chi connectivity index (χ2n) is 7.81. The van der Waals surface area contributed by atoms with Crippen molar-refractivity contribution in [3.8, 4) is 0 Å². The maximum Gasteiger partial charge on any atom is 0.264 e. The van der Waals surface area contributed by atoms with Crippen LogP contribution in [0.1, 0.15) is 12.5 Å². The van der Waals surface area contributed by atoms with Gasteiger partial charge in [-0.05, 0) is 55.5 Å². The molecule has 0 saturated carbocycles. The van der Waals surface area contributed by atoms with E-state index in [2.05, 4.69) is 21.2 Å². The molecular formula is C25H24BrCl2N3O4S. The molecule has 36 heavy (non-hydrogen) atoms. The molecule has 0 aliphatic heterocycles. The van der Waals surface area contributed by atoms with Gasteiger partial charge in [0, 0.05) is 33.7 Å². The highest BCUT2D eigenvalue weighted by molar-refractivity contribution is 9.10. The SMILES string of the molecule is CNC(=O)C(C)N(Cc1c(Cl)cccc1Cl)C(=O)CN(c1ccc(Br)cc1)S(=O)(=O)c1ccccc1. The Morgan fingerprint density at radius 1 is 0.944 bits per heavy atom. The third-order valence-corrected chi connectivity index (χ3v) is 8.55. The number of likely N-dealkylation sites (N-methyl/N-ethyl adjacent to an activating group) is 1. The molecule has 3 rings (SSSR count). The zero-order valence-electron chi connectivity index (χ0n) is 19.5. The fourth-order valence-electron chi connectivity index (χ4n) is 3.50. The van der Waals surface area contributed by atoms with Gasteiger partial charge >= 0.3 is 0 Å². The van der Waals surface area contributed by atoms with Gasteiger partial charge in [0.25, 0.3) is 10.0 Å². The monoisotopic (exact) mass is 611 g/mol. The molecule has 3 aromatic carbocycles. The van der Waals surface area contributed by atoms with E-state index in [1.165, 1.54) is 24.1 Å². The second-order valence-corrected chi connectivity index (χ2v) is 11.4. The van der Waals surface area contributed by atoms with Gasteiger partial charge in [0.15, 0.2) is 0 Å². The minimum atomic E-state index is -4.12. The summed E-state index contributed by atoms with van der Waals surface area (Å²) in [5.74, 6) is -1.03. The van der Waals surface area contributed by atoms with Gasteiger partial charge in [0.2, 0.25) is 11.8 Å². The first-order valence-electron chi connectivity index (χ1n) is 10.8. The van der Waals surface area contributed by atoms with E-state index < -0.39 is 34.4 Å².